The van der Waals surface area contributed by atoms with Crippen LogP contribution in [0.4, 0.5) is 0 Å². The molecule has 0 aliphatic carbocycles. The fourth-order valence-electron chi connectivity index (χ4n) is 2.24. The minimum absolute atomic E-state index is 0.214. The number of carbonyl (C=O) groups is 1. The summed E-state index contributed by atoms with van der Waals surface area (Å²) in [4.78, 5) is 17.9. The summed E-state index contributed by atoms with van der Waals surface area (Å²) in [6.07, 6.45) is 0. The van der Waals surface area contributed by atoms with E-state index in [0.29, 0.717) is 22.2 Å². The van der Waals surface area contributed by atoms with Crippen LogP contribution in [-0.4, -0.2) is 10.9 Å². The van der Waals surface area contributed by atoms with Crippen LogP contribution in [0.1, 0.15) is 20.9 Å². The van der Waals surface area contributed by atoms with E-state index in [-0.39, 0.29) is 5.91 Å². The van der Waals surface area contributed by atoms with Gasteiger partial charge < -0.3 is 5.32 Å². The lowest BCUT2D eigenvalue weighted by molar-refractivity contribution is 0.0951. The van der Waals surface area contributed by atoms with Crippen molar-refractivity contribution in [2.24, 2.45) is 0 Å². The van der Waals surface area contributed by atoms with E-state index in [1.54, 1.807) is 29.5 Å². The second kappa shape index (κ2) is 7.34. The highest BCUT2D eigenvalue weighted by molar-refractivity contribution is 7.15. The number of benzene rings is 2. The second-order valence-corrected chi connectivity index (χ2v) is 7.19. The third kappa shape index (κ3) is 3.96. The third-order valence-corrected chi connectivity index (χ3v) is 5.09. The van der Waals surface area contributed by atoms with Gasteiger partial charge in [-0.25, -0.2) is 4.98 Å². The lowest BCUT2D eigenvalue weighted by atomic mass is 10.2. The van der Waals surface area contributed by atoms with E-state index in [1.165, 1.54) is 0 Å². The number of nitrogens with one attached hydrogen (secondary N) is 1. The summed E-state index contributed by atoms with van der Waals surface area (Å²) < 4.78 is 0. The van der Waals surface area contributed by atoms with Crippen LogP contribution in [0.5, 0.6) is 0 Å². The largest absolute Gasteiger partial charge is 0.347 e. The second-order valence-electron chi connectivity index (χ2n) is 5.23. The smallest absolute Gasteiger partial charge is 0.251 e. The molecule has 1 amide bonds. The normalized spacial score (nSPS) is 10.6. The van der Waals surface area contributed by atoms with Crippen molar-refractivity contribution in [1.29, 1.82) is 0 Å². The molecule has 3 rings (SSSR count). The molecule has 0 bridgehead atoms. The molecule has 1 aromatic heterocycles. The highest BCUT2D eigenvalue weighted by Gasteiger charge is 2.12. The molecule has 0 aliphatic heterocycles. The summed E-state index contributed by atoms with van der Waals surface area (Å²) >= 11 is 13.4. The number of hydrogen-bond acceptors (Lipinski definition) is 3. The maximum atomic E-state index is 12.3. The highest BCUT2D eigenvalue weighted by atomic mass is 35.5. The van der Waals surface area contributed by atoms with Gasteiger partial charge in [0.25, 0.3) is 5.91 Å². The first kappa shape index (κ1) is 17.0. The lowest BCUT2D eigenvalue weighted by Crippen LogP contribution is -2.22. The maximum absolute atomic E-state index is 12.3. The van der Waals surface area contributed by atoms with Crippen LogP contribution < -0.4 is 5.32 Å². The molecule has 3 nitrogen and oxygen atoms in total. The molecule has 0 aliphatic rings. The molecule has 122 valence electrons. The Labute approximate surface area is 154 Å². The van der Waals surface area contributed by atoms with Gasteiger partial charge >= 0.3 is 0 Å². The van der Waals surface area contributed by atoms with Crippen molar-refractivity contribution in [3.8, 4) is 10.6 Å². The van der Waals surface area contributed by atoms with E-state index in [2.05, 4.69) is 10.3 Å². The molecule has 0 fully saturated rings. The number of aromatic nitrogens is 1. The van der Waals surface area contributed by atoms with Crippen molar-refractivity contribution in [3.05, 3.63) is 74.7 Å². The molecule has 0 saturated carbocycles. The van der Waals surface area contributed by atoms with Crippen LogP contribution in [0.25, 0.3) is 10.6 Å². The van der Waals surface area contributed by atoms with Crippen LogP contribution in [-0.2, 0) is 6.54 Å². The zero-order valence-electron chi connectivity index (χ0n) is 12.8. The lowest BCUT2D eigenvalue weighted by Gasteiger charge is -2.05. The van der Waals surface area contributed by atoms with Crippen LogP contribution in [0.15, 0.2) is 48.5 Å². The minimum Gasteiger partial charge on any atom is -0.347 e. The summed E-state index contributed by atoms with van der Waals surface area (Å²) in [5, 5.41) is 4.71. The zero-order chi connectivity index (χ0) is 17.1. The Bertz CT molecular complexity index is 858. The van der Waals surface area contributed by atoms with Gasteiger partial charge in [-0.15, -0.1) is 11.3 Å². The van der Waals surface area contributed by atoms with Gasteiger partial charge in [0, 0.05) is 26.0 Å². The van der Waals surface area contributed by atoms with Crippen molar-refractivity contribution in [2.45, 2.75) is 13.5 Å². The van der Waals surface area contributed by atoms with Gasteiger partial charge in [0.1, 0.15) is 5.01 Å². The van der Waals surface area contributed by atoms with E-state index in [0.717, 1.165) is 21.1 Å². The molecule has 24 heavy (non-hydrogen) atoms. The molecule has 0 atom stereocenters. The first-order chi connectivity index (χ1) is 11.5. The summed E-state index contributed by atoms with van der Waals surface area (Å²) in [7, 11) is 0. The average molecular weight is 377 g/mol. The predicted octanol–water partition coefficient (Wildman–Crippen LogP) is 5.36. The Morgan fingerprint density at radius 2 is 1.79 bits per heavy atom. The summed E-state index contributed by atoms with van der Waals surface area (Å²) in [5.41, 5.74) is 2.44. The number of halogens is 2. The number of thiazole rings is 1. The molecule has 3 aromatic rings. The molecule has 0 radical (unpaired) electrons. The summed E-state index contributed by atoms with van der Waals surface area (Å²) in [5.74, 6) is -0.214. The summed E-state index contributed by atoms with van der Waals surface area (Å²) in [6, 6.07) is 14.8. The number of carbonyl (C=O) groups excluding carboxylic acids is 1. The topological polar surface area (TPSA) is 42.0 Å². The van der Waals surface area contributed by atoms with Crippen molar-refractivity contribution in [1.82, 2.24) is 10.3 Å². The van der Waals surface area contributed by atoms with Crippen molar-refractivity contribution in [3.63, 3.8) is 0 Å². The molecular weight excluding hydrogens is 363 g/mol. The van der Waals surface area contributed by atoms with Crippen LogP contribution in [0.3, 0.4) is 0 Å². The van der Waals surface area contributed by atoms with E-state index in [9.17, 15) is 4.79 Å². The Balaban J connectivity index is 1.73. The monoisotopic (exact) mass is 376 g/mol. The number of rotatable bonds is 4. The molecule has 0 spiro atoms. The van der Waals surface area contributed by atoms with Crippen LogP contribution >= 0.6 is 34.5 Å². The Morgan fingerprint density at radius 3 is 2.46 bits per heavy atom. The molecule has 0 unspecified atom stereocenters. The number of aryl methyl sites for hydroxylation is 1. The maximum Gasteiger partial charge on any atom is 0.251 e. The van der Waals surface area contributed by atoms with Crippen molar-refractivity contribution >= 4 is 40.4 Å². The molecule has 2 aromatic carbocycles. The summed E-state index contributed by atoms with van der Waals surface area (Å²) in [6.45, 7) is 2.36. The third-order valence-electron chi connectivity index (χ3n) is 3.45. The number of amides is 1. The zero-order valence-corrected chi connectivity index (χ0v) is 15.2. The van der Waals surface area contributed by atoms with Gasteiger partial charge in [0.2, 0.25) is 0 Å². The SMILES string of the molecule is Cc1nc(-c2ccccc2)sc1CNC(=O)c1cc(Cl)cc(Cl)c1. The highest BCUT2D eigenvalue weighted by Crippen LogP contribution is 2.27. The molecule has 1 N–H and O–H groups in total. The van der Waals surface area contributed by atoms with E-state index < -0.39 is 0 Å². The van der Waals surface area contributed by atoms with Crippen LogP contribution in [0, 0.1) is 6.92 Å². The molecule has 6 heteroatoms. The first-order valence-electron chi connectivity index (χ1n) is 7.29. The Kier molecular flexibility index (Phi) is 5.19. The standard InChI is InChI=1S/C18H14Cl2N2OS/c1-11-16(24-18(22-11)12-5-3-2-4-6-12)10-21-17(23)13-7-14(19)9-15(20)8-13/h2-9H,10H2,1H3,(H,21,23). The predicted molar refractivity (Wildman–Crippen MR) is 99.9 cm³/mol. The Morgan fingerprint density at radius 1 is 1.12 bits per heavy atom. The van der Waals surface area contributed by atoms with Gasteiger partial charge in [-0.2, -0.15) is 0 Å². The van der Waals surface area contributed by atoms with Gasteiger partial charge in [-0.05, 0) is 25.1 Å². The first-order valence-corrected chi connectivity index (χ1v) is 8.86. The van der Waals surface area contributed by atoms with Gasteiger partial charge in [0.15, 0.2) is 0 Å². The fraction of sp³-hybridized carbons (Fsp3) is 0.111. The van der Waals surface area contributed by atoms with Crippen molar-refractivity contribution in [2.75, 3.05) is 0 Å². The number of nitrogens with zero attached hydrogens (tertiary/aromatic N) is 1. The number of hydrogen-bond donors (Lipinski definition) is 1. The van der Waals surface area contributed by atoms with E-state index in [4.69, 9.17) is 23.2 Å². The molecular formula is C18H14Cl2N2OS. The van der Waals surface area contributed by atoms with E-state index >= 15 is 0 Å². The molecule has 0 saturated heterocycles. The van der Waals surface area contributed by atoms with E-state index in [1.807, 2.05) is 37.3 Å². The minimum atomic E-state index is -0.214. The van der Waals surface area contributed by atoms with Gasteiger partial charge in [0.05, 0.1) is 12.2 Å². The Hall–Kier alpha value is -1.88. The average Bonchev–Trinajstić information content (AvgIpc) is 2.93. The van der Waals surface area contributed by atoms with Crippen molar-refractivity contribution < 1.29 is 4.79 Å². The molecule has 1 heterocycles. The van der Waals surface area contributed by atoms with Gasteiger partial charge in [-0.3, -0.25) is 4.79 Å². The van der Waals surface area contributed by atoms with Crippen LogP contribution in [0.2, 0.25) is 10.0 Å². The fourth-order valence-corrected chi connectivity index (χ4v) is 3.78. The van der Waals surface area contributed by atoms with Gasteiger partial charge in [-0.1, -0.05) is 53.5 Å². The quantitative estimate of drug-likeness (QED) is 0.666.